The molecule has 0 radical (unpaired) electrons. The summed E-state index contributed by atoms with van der Waals surface area (Å²) in [5.41, 5.74) is 7.52. The molecule has 18 heavy (non-hydrogen) atoms. The lowest BCUT2D eigenvalue weighted by Gasteiger charge is -2.13. The van der Waals surface area contributed by atoms with Gasteiger partial charge in [-0.25, -0.2) is 4.98 Å². The minimum atomic E-state index is -0.0257. The molecule has 0 aliphatic heterocycles. The molecule has 2 nitrogen and oxygen atoms in total. The molecule has 5 heteroatoms. The Labute approximate surface area is 121 Å². The highest BCUT2D eigenvalue weighted by Gasteiger charge is 2.22. The van der Waals surface area contributed by atoms with Crippen LogP contribution in [0.2, 0.25) is 10.0 Å². The van der Waals surface area contributed by atoms with Crippen molar-refractivity contribution in [2.24, 2.45) is 0 Å². The molecule has 0 amide bonds. The average molecular weight is 301 g/mol. The van der Waals surface area contributed by atoms with Crippen molar-refractivity contribution in [3.8, 4) is 11.3 Å². The summed E-state index contributed by atoms with van der Waals surface area (Å²) in [7, 11) is 0. The van der Waals surface area contributed by atoms with Gasteiger partial charge in [0.15, 0.2) is 0 Å². The maximum Gasteiger partial charge on any atom is 0.114 e. The Morgan fingerprint density at radius 2 is 1.89 bits per heavy atom. The van der Waals surface area contributed by atoms with E-state index in [0.29, 0.717) is 15.0 Å². The Morgan fingerprint density at radius 3 is 2.44 bits per heavy atom. The fraction of sp³-hybridized carbons (Fsp3) is 0.308. The van der Waals surface area contributed by atoms with E-state index in [1.165, 1.54) is 11.3 Å². The van der Waals surface area contributed by atoms with E-state index < -0.39 is 0 Å². The van der Waals surface area contributed by atoms with E-state index in [4.69, 9.17) is 28.9 Å². The minimum Gasteiger partial charge on any atom is -0.389 e. The van der Waals surface area contributed by atoms with Crippen LogP contribution in [-0.4, -0.2) is 4.98 Å². The van der Waals surface area contributed by atoms with Gasteiger partial charge in [0.05, 0.1) is 5.02 Å². The van der Waals surface area contributed by atoms with Crippen molar-refractivity contribution < 1.29 is 0 Å². The second kappa shape index (κ2) is 4.72. The highest BCUT2D eigenvalue weighted by atomic mass is 35.5. The van der Waals surface area contributed by atoms with Crippen molar-refractivity contribution in [3.63, 3.8) is 0 Å². The van der Waals surface area contributed by atoms with Crippen LogP contribution in [0.4, 0.5) is 5.00 Å². The summed E-state index contributed by atoms with van der Waals surface area (Å²) in [4.78, 5) is 4.60. The predicted octanol–water partition coefficient (Wildman–Crippen LogP) is 5.00. The first kappa shape index (κ1) is 13.7. The van der Waals surface area contributed by atoms with E-state index in [2.05, 4.69) is 25.8 Å². The molecular formula is C13H14Cl2N2S. The Bertz CT molecular complexity index is 585. The second-order valence-electron chi connectivity index (χ2n) is 5.11. The monoisotopic (exact) mass is 300 g/mol. The molecule has 0 fully saturated rings. The number of halogens is 2. The standard InChI is InChI=1S/C13H14Cl2N2S/c1-13(2,3)12-17-10(11(16)18-12)8-6-7(14)4-5-9(8)15/h4-6H,16H2,1-3H3. The normalized spacial score (nSPS) is 11.8. The first-order chi connectivity index (χ1) is 8.29. The fourth-order valence-corrected chi connectivity index (χ4v) is 2.81. The summed E-state index contributed by atoms with van der Waals surface area (Å²) >= 11 is 13.7. The SMILES string of the molecule is CC(C)(C)c1nc(-c2cc(Cl)ccc2Cl)c(N)s1. The van der Waals surface area contributed by atoms with Gasteiger partial charge in [0.1, 0.15) is 15.7 Å². The largest absolute Gasteiger partial charge is 0.389 e. The van der Waals surface area contributed by atoms with E-state index in [-0.39, 0.29) is 5.41 Å². The topological polar surface area (TPSA) is 38.9 Å². The molecule has 0 aliphatic carbocycles. The number of nitrogens with zero attached hydrogens (tertiary/aromatic N) is 1. The third-order valence-corrected chi connectivity index (χ3v) is 4.35. The van der Waals surface area contributed by atoms with Crippen LogP contribution < -0.4 is 5.73 Å². The summed E-state index contributed by atoms with van der Waals surface area (Å²) in [6.07, 6.45) is 0. The molecule has 0 atom stereocenters. The maximum atomic E-state index is 6.18. The summed E-state index contributed by atoms with van der Waals surface area (Å²) < 4.78 is 0. The van der Waals surface area contributed by atoms with Crippen molar-refractivity contribution in [2.75, 3.05) is 5.73 Å². The Hall–Kier alpha value is -0.770. The van der Waals surface area contributed by atoms with E-state index in [0.717, 1.165) is 16.3 Å². The molecular weight excluding hydrogens is 287 g/mol. The third kappa shape index (κ3) is 2.63. The molecule has 1 heterocycles. The number of hydrogen-bond donors (Lipinski definition) is 1. The molecule has 0 spiro atoms. The lowest BCUT2D eigenvalue weighted by atomic mass is 9.98. The van der Waals surface area contributed by atoms with Gasteiger partial charge in [0.25, 0.3) is 0 Å². The molecule has 2 rings (SSSR count). The van der Waals surface area contributed by atoms with Crippen LogP contribution >= 0.6 is 34.5 Å². The number of nitrogens with two attached hydrogens (primary N) is 1. The Kier molecular flexibility index (Phi) is 3.58. The highest BCUT2D eigenvalue weighted by Crippen LogP contribution is 2.39. The van der Waals surface area contributed by atoms with Crippen LogP contribution in [0.3, 0.4) is 0 Å². The lowest BCUT2D eigenvalue weighted by molar-refractivity contribution is 0.586. The lowest BCUT2D eigenvalue weighted by Crippen LogP contribution is -2.10. The molecule has 2 N–H and O–H groups in total. The van der Waals surface area contributed by atoms with Gasteiger partial charge in [-0.3, -0.25) is 0 Å². The Balaban J connectivity index is 2.58. The van der Waals surface area contributed by atoms with Crippen molar-refractivity contribution >= 4 is 39.5 Å². The van der Waals surface area contributed by atoms with Gasteiger partial charge in [-0.05, 0) is 18.2 Å². The van der Waals surface area contributed by atoms with E-state index in [9.17, 15) is 0 Å². The fourth-order valence-electron chi connectivity index (χ4n) is 1.52. The van der Waals surface area contributed by atoms with Gasteiger partial charge in [-0.2, -0.15) is 0 Å². The molecule has 0 aliphatic rings. The number of hydrogen-bond acceptors (Lipinski definition) is 3. The van der Waals surface area contributed by atoms with Gasteiger partial charge >= 0.3 is 0 Å². The van der Waals surface area contributed by atoms with Crippen molar-refractivity contribution in [2.45, 2.75) is 26.2 Å². The van der Waals surface area contributed by atoms with Gasteiger partial charge < -0.3 is 5.73 Å². The summed E-state index contributed by atoms with van der Waals surface area (Å²) in [6.45, 7) is 6.32. The molecule has 1 aromatic heterocycles. The van der Waals surface area contributed by atoms with Crippen molar-refractivity contribution in [1.29, 1.82) is 0 Å². The van der Waals surface area contributed by atoms with E-state index >= 15 is 0 Å². The van der Waals surface area contributed by atoms with Crippen LogP contribution in [0.25, 0.3) is 11.3 Å². The predicted molar refractivity (Wildman–Crippen MR) is 80.7 cm³/mol. The molecule has 96 valence electrons. The summed E-state index contributed by atoms with van der Waals surface area (Å²) in [6, 6.07) is 5.30. The van der Waals surface area contributed by atoms with Gasteiger partial charge in [-0.1, -0.05) is 44.0 Å². The molecule has 0 saturated heterocycles. The number of aromatic nitrogens is 1. The average Bonchev–Trinajstić information content (AvgIpc) is 2.64. The second-order valence-corrected chi connectivity index (χ2v) is 6.98. The van der Waals surface area contributed by atoms with Crippen LogP contribution in [0.5, 0.6) is 0 Å². The quantitative estimate of drug-likeness (QED) is 0.805. The molecule has 0 unspecified atom stereocenters. The van der Waals surface area contributed by atoms with Crippen molar-refractivity contribution in [3.05, 3.63) is 33.3 Å². The number of nitrogen functional groups attached to an aromatic ring is 1. The van der Waals surface area contributed by atoms with Crippen LogP contribution in [-0.2, 0) is 5.41 Å². The first-order valence-corrected chi connectivity index (χ1v) is 7.08. The number of anilines is 1. The molecule has 0 bridgehead atoms. The molecule has 1 aromatic carbocycles. The van der Waals surface area contributed by atoms with Gasteiger partial charge in [0.2, 0.25) is 0 Å². The Morgan fingerprint density at radius 1 is 1.22 bits per heavy atom. The van der Waals surface area contributed by atoms with Gasteiger partial charge in [0, 0.05) is 16.0 Å². The van der Waals surface area contributed by atoms with Crippen LogP contribution in [0.1, 0.15) is 25.8 Å². The zero-order valence-corrected chi connectivity index (χ0v) is 12.7. The summed E-state index contributed by atoms with van der Waals surface area (Å²) in [5.74, 6) is 0. The van der Waals surface area contributed by atoms with E-state index in [1.54, 1.807) is 18.2 Å². The third-order valence-electron chi connectivity index (χ3n) is 2.48. The van der Waals surface area contributed by atoms with Gasteiger partial charge in [-0.15, -0.1) is 11.3 Å². The summed E-state index contributed by atoms with van der Waals surface area (Å²) in [5, 5.41) is 2.89. The minimum absolute atomic E-state index is 0.0257. The van der Waals surface area contributed by atoms with Crippen molar-refractivity contribution in [1.82, 2.24) is 4.98 Å². The zero-order chi connectivity index (χ0) is 13.5. The molecule has 2 aromatic rings. The van der Waals surface area contributed by atoms with E-state index in [1.807, 2.05) is 0 Å². The highest BCUT2D eigenvalue weighted by molar-refractivity contribution is 7.16. The molecule has 0 saturated carbocycles. The number of benzene rings is 1. The number of thiazole rings is 1. The maximum absolute atomic E-state index is 6.18. The zero-order valence-electron chi connectivity index (χ0n) is 10.4. The smallest absolute Gasteiger partial charge is 0.114 e. The first-order valence-electron chi connectivity index (χ1n) is 5.51. The number of rotatable bonds is 1. The van der Waals surface area contributed by atoms with Crippen LogP contribution in [0, 0.1) is 0 Å². The van der Waals surface area contributed by atoms with Crippen LogP contribution in [0.15, 0.2) is 18.2 Å².